The van der Waals surface area contributed by atoms with Crippen molar-refractivity contribution in [1.29, 1.82) is 0 Å². The van der Waals surface area contributed by atoms with Crippen LogP contribution in [0.15, 0.2) is 18.2 Å². The molecule has 1 amide bonds. The number of aliphatic hydroxyl groups is 1. The summed E-state index contributed by atoms with van der Waals surface area (Å²) in [6.45, 7) is 2.51. The van der Waals surface area contributed by atoms with Crippen LogP contribution >= 0.6 is 0 Å². The molecule has 2 atom stereocenters. The minimum absolute atomic E-state index is 0.0150. The van der Waals surface area contributed by atoms with Crippen LogP contribution in [0.25, 0.3) is 0 Å². The number of aliphatic hydroxyl groups excluding tert-OH is 1. The maximum absolute atomic E-state index is 12.0. The SMILES string of the molecule is CCOc1ccc(CCC(=O)NC2CCCC2O)cc1OC. The number of nitrogens with one attached hydrogen (secondary N) is 1. The quantitative estimate of drug-likeness (QED) is 0.809. The molecule has 0 aromatic heterocycles. The van der Waals surface area contributed by atoms with Crippen LogP contribution in [0, 0.1) is 0 Å². The number of benzene rings is 1. The summed E-state index contributed by atoms with van der Waals surface area (Å²) in [7, 11) is 1.61. The van der Waals surface area contributed by atoms with Crippen molar-refractivity contribution in [3.8, 4) is 11.5 Å². The van der Waals surface area contributed by atoms with E-state index >= 15 is 0 Å². The Morgan fingerprint density at radius 1 is 1.36 bits per heavy atom. The maximum atomic E-state index is 12.0. The summed E-state index contributed by atoms with van der Waals surface area (Å²) in [5.41, 5.74) is 1.03. The molecule has 0 saturated heterocycles. The summed E-state index contributed by atoms with van der Waals surface area (Å²) in [5, 5.41) is 12.6. The second-order valence-electron chi connectivity index (χ2n) is 5.59. The molecule has 22 heavy (non-hydrogen) atoms. The Bertz CT molecular complexity index is 503. The maximum Gasteiger partial charge on any atom is 0.220 e. The number of rotatable bonds is 7. The number of carbonyl (C=O) groups is 1. The molecule has 0 aliphatic heterocycles. The van der Waals surface area contributed by atoms with E-state index in [0.717, 1.165) is 24.8 Å². The highest BCUT2D eigenvalue weighted by Crippen LogP contribution is 2.28. The topological polar surface area (TPSA) is 67.8 Å². The first-order chi connectivity index (χ1) is 10.6. The predicted octanol–water partition coefficient (Wildman–Crippen LogP) is 2.06. The molecule has 1 saturated carbocycles. The van der Waals surface area contributed by atoms with Crippen molar-refractivity contribution in [1.82, 2.24) is 5.32 Å². The van der Waals surface area contributed by atoms with Gasteiger partial charge in [0, 0.05) is 6.42 Å². The normalized spacial score (nSPS) is 20.7. The van der Waals surface area contributed by atoms with Crippen LogP contribution in [-0.2, 0) is 11.2 Å². The fraction of sp³-hybridized carbons (Fsp3) is 0.588. The molecule has 0 heterocycles. The minimum atomic E-state index is -0.394. The van der Waals surface area contributed by atoms with Crippen molar-refractivity contribution in [3.05, 3.63) is 23.8 Å². The highest BCUT2D eigenvalue weighted by atomic mass is 16.5. The molecule has 1 fully saturated rings. The van der Waals surface area contributed by atoms with Gasteiger partial charge in [0.25, 0.3) is 0 Å². The molecule has 2 unspecified atom stereocenters. The zero-order valence-corrected chi connectivity index (χ0v) is 13.3. The standard InChI is InChI=1S/C17H25NO4/c1-3-22-15-9-7-12(11-16(15)21-2)8-10-17(20)18-13-5-4-6-14(13)19/h7,9,11,13-14,19H,3-6,8,10H2,1-2H3,(H,18,20). The fourth-order valence-corrected chi connectivity index (χ4v) is 2.79. The van der Waals surface area contributed by atoms with Gasteiger partial charge >= 0.3 is 0 Å². The average Bonchev–Trinajstić information content (AvgIpc) is 2.91. The molecule has 1 aromatic carbocycles. The number of hydrogen-bond donors (Lipinski definition) is 2. The average molecular weight is 307 g/mol. The summed E-state index contributed by atoms with van der Waals surface area (Å²) < 4.78 is 10.8. The highest BCUT2D eigenvalue weighted by Gasteiger charge is 2.26. The molecular formula is C17H25NO4. The first kappa shape index (κ1) is 16.6. The first-order valence-electron chi connectivity index (χ1n) is 7.91. The van der Waals surface area contributed by atoms with Crippen molar-refractivity contribution in [3.63, 3.8) is 0 Å². The zero-order chi connectivity index (χ0) is 15.9. The minimum Gasteiger partial charge on any atom is -0.493 e. The Morgan fingerprint density at radius 2 is 2.18 bits per heavy atom. The summed E-state index contributed by atoms with van der Waals surface area (Å²) in [6, 6.07) is 5.65. The van der Waals surface area contributed by atoms with Crippen LogP contribution in [-0.4, -0.2) is 36.9 Å². The van der Waals surface area contributed by atoms with E-state index in [-0.39, 0.29) is 11.9 Å². The van der Waals surface area contributed by atoms with Crippen LogP contribution in [0.3, 0.4) is 0 Å². The third-order valence-electron chi connectivity index (χ3n) is 3.99. The van der Waals surface area contributed by atoms with Crippen LogP contribution in [0.5, 0.6) is 11.5 Å². The Balaban J connectivity index is 1.86. The summed E-state index contributed by atoms with van der Waals surface area (Å²) in [5.74, 6) is 1.39. The number of amides is 1. The summed E-state index contributed by atoms with van der Waals surface area (Å²) in [6.07, 6.45) is 3.26. The Morgan fingerprint density at radius 3 is 2.82 bits per heavy atom. The summed E-state index contributed by atoms with van der Waals surface area (Å²) >= 11 is 0. The van der Waals surface area contributed by atoms with E-state index < -0.39 is 6.10 Å². The van der Waals surface area contributed by atoms with E-state index in [9.17, 15) is 9.90 Å². The van der Waals surface area contributed by atoms with Crippen molar-refractivity contribution in [2.24, 2.45) is 0 Å². The molecule has 2 N–H and O–H groups in total. The van der Waals surface area contributed by atoms with Gasteiger partial charge in [0.15, 0.2) is 11.5 Å². The number of aryl methyl sites for hydroxylation is 1. The lowest BCUT2D eigenvalue weighted by Crippen LogP contribution is -2.39. The van der Waals surface area contributed by atoms with E-state index in [1.54, 1.807) is 7.11 Å². The molecule has 122 valence electrons. The Hall–Kier alpha value is -1.75. The second-order valence-corrected chi connectivity index (χ2v) is 5.59. The number of carbonyl (C=O) groups excluding carboxylic acids is 1. The van der Waals surface area contributed by atoms with Crippen LogP contribution < -0.4 is 14.8 Å². The third-order valence-corrected chi connectivity index (χ3v) is 3.99. The smallest absolute Gasteiger partial charge is 0.220 e. The van der Waals surface area contributed by atoms with Gasteiger partial charge in [-0.3, -0.25) is 4.79 Å². The highest BCUT2D eigenvalue weighted by molar-refractivity contribution is 5.76. The van der Waals surface area contributed by atoms with Gasteiger partial charge < -0.3 is 19.9 Å². The largest absolute Gasteiger partial charge is 0.493 e. The van der Waals surface area contributed by atoms with Gasteiger partial charge in [0.2, 0.25) is 5.91 Å². The van der Waals surface area contributed by atoms with Crippen molar-refractivity contribution < 1.29 is 19.4 Å². The first-order valence-corrected chi connectivity index (χ1v) is 7.91. The van der Waals surface area contributed by atoms with E-state index in [1.807, 2.05) is 25.1 Å². The van der Waals surface area contributed by atoms with E-state index in [0.29, 0.717) is 30.9 Å². The van der Waals surface area contributed by atoms with Gasteiger partial charge in [-0.25, -0.2) is 0 Å². The lowest BCUT2D eigenvalue weighted by molar-refractivity contribution is -0.122. The zero-order valence-electron chi connectivity index (χ0n) is 13.3. The molecule has 5 nitrogen and oxygen atoms in total. The van der Waals surface area contributed by atoms with Gasteiger partial charge in [0.1, 0.15) is 0 Å². The summed E-state index contributed by atoms with van der Waals surface area (Å²) in [4.78, 5) is 12.0. The fourth-order valence-electron chi connectivity index (χ4n) is 2.79. The van der Waals surface area contributed by atoms with E-state index in [2.05, 4.69) is 5.32 Å². The molecule has 5 heteroatoms. The van der Waals surface area contributed by atoms with Crippen molar-refractivity contribution in [2.45, 2.75) is 51.2 Å². The number of hydrogen-bond acceptors (Lipinski definition) is 4. The molecule has 1 aliphatic carbocycles. The number of methoxy groups -OCH3 is 1. The van der Waals surface area contributed by atoms with Gasteiger partial charge in [-0.15, -0.1) is 0 Å². The van der Waals surface area contributed by atoms with Crippen LogP contribution in [0.2, 0.25) is 0 Å². The van der Waals surface area contributed by atoms with Crippen LogP contribution in [0.4, 0.5) is 0 Å². The predicted molar refractivity (Wildman–Crippen MR) is 84.3 cm³/mol. The molecule has 0 bridgehead atoms. The van der Waals surface area contributed by atoms with Gasteiger partial charge in [0.05, 0.1) is 25.9 Å². The van der Waals surface area contributed by atoms with Crippen molar-refractivity contribution in [2.75, 3.05) is 13.7 Å². The molecule has 1 aliphatic rings. The molecule has 0 spiro atoms. The third kappa shape index (κ3) is 4.37. The molecular weight excluding hydrogens is 282 g/mol. The van der Waals surface area contributed by atoms with Gasteiger partial charge in [-0.2, -0.15) is 0 Å². The molecule has 0 radical (unpaired) electrons. The van der Waals surface area contributed by atoms with Crippen molar-refractivity contribution >= 4 is 5.91 Å². The van der Waals surface area contributed by atoms with Gasteiger partial charge in [-0.05, 0) is 50.3 Å². The van der Waals surface area contributed by atoms with E-state index in [4.69, 9.17) is 9.47 Å². The second kappa shape index (κ2) is 8.03. The number of ether oxygens (including phenoxy) is 2. The lowest BCUT2D eigenvalue weighted by atomic mass is 10.1. The van der Waals surface area contributed by atoms with E-state index in [1.165, 1.54) is 0 Å². The lowest BCUT2D eigenvalue weighted by Gasteiger charge is -2.16. The monoisotopic (exact) mass is 307 g/mol. The Labute approximate surface area is 131 Å². The van der Waals surface area contributed by atoms with Gasteiger partial charge in [-0.1, -0.05) is 6.07 Å². The Kier molecular flexibility index (Phi) is 6.07. The molecule has 2 rings (SSSR count). The van der Waals surface area contributed by atoms with Crippen LogP contribution in [0.1, 0.15) is 38.2 Å². The molecule has 1 aromatic rings.